The maximum Gasteiger partial charge on any atom is 0.417 e. The van der Waals surface area contributed by atoms with E-state index in [-0.39, 0.29) is 24.1 Å². The summed E-state index contributed by atoms with van der Waals surface area (Å²) in [5, 5.41) is 19.1. The van der Waals surface area contributed by atoms with Crippen LogP contribution in [0.5, 0.6) is 0 Å². The SMILES string of the molecule is C[C@@H](O)CNc1ccc(-c2ccc(C(F)(F)F)cc2C(F)(F)F)nn1. The summed E-state index contributed by atoms with van der Waals surface area (Å²) in [7, 11) is 0. The van der Waals surface area contributed by atoms with Crippen LogP contribution in [0.3, 0.4) is 0 Å². The van der Waals surface area contributed by atoms with Gasteiger partial charge in [0.05, 0.1) is 22.9 Å². The van der Waals surface area contributed by atoms with Crippen molar-refractivity contribution in [2.24, 2.45) is 0 Å². The minimum Gasteiger partial charge on any atom is -0.392 e. The van der Waals surface area contributed by atoms with E-state index in [1.165, 1.54) is 19.1 Å². The van der Waals surface area contributed by atoms with Gasteiger partial charge >= 0.3 is 12.4 Å². The van der Waals surface area contributed by atoms with Gasteiger partial charge in [-0.2, -0.15) is 26.3 Å². The second-order valence-electron chi connectivity index (χ2n) is 5.29. The predicted molar refractivity (Wildman–Crippen MR) is 77.6 cm³/mol. The molecule has 0 amide bonds. The molecule has 0 radical (unpaired) electrons. The quantitative estimate of drug-likeness (QED) is 0.805. The Morgan fingerprint density at radius 1 is 1.00 bits per heavy atom. The summed E-state index contributed by atoms with van der Waals surface area (Å²) in [5.41, 5.74) is -3.56. The van der Waals surface area contributed by atoms with Gasteiger partial charge in [0.25, 0.3) is 0 Å². The molecule has 0 saturated heterocycles. The van der Waals surface area contributed by atoms with Gasteiger partial charge in [0.1, 0.15) is 5.82 Å². The lowest BCUT2D eigenvalue weighted by Gasteiger charge is -2.15. The predicted octanol–water partition coefficient (Wildman–Crippen LogP) is 3.97. The van der Waals surface area contributed by atoms with Crippen LogP contribution in [-0.2, 0) is 12.4 Å². The normalized spacial score (nSPS) is 13.6. The first-order chi connectivity index (χ1) is 11.5. The molecule has 0 bridgehead atoms. The van der Waals surface area contributed by atoms with Crippen molar-refractivity contribution in [1.82, 2.24) is 10.2 Å². The molecular weight excluding hydrogens is 352 g/mol. The van der Waals surface area contributed by atoms with Crippen molar-refractivity contribution in [3.63, 3.8) is 0 Å². The number of nitrogens with one attached hydrogen (secondary N) is 1. The first-order valence-electron chi connectivity index (χ1n) is 7.03. The molecule has 4 nitrogen and oxygen atoms in total. The third-order valence-electron chi connectivity index (χ3n) is 3.17. The molecule has 0 aliphatic heterocycles. The van der Waals surface area contributed by atoms with E-state index in [2.05, 4.69) is 15.5 Å². The first kappa shape index (κ1) is 19.0. The summed E-state index contributed by atoms with van der Waals surface area (Å²) in [6, 6.07) is 3.86. The highest BCUT2D eigenvalue weighted by Gasteiger charge is 2.38. The standard InChI is InChI=1S/C15H13F6N3O/c1-8(25)7-22-13-5-4-12(23-24-13)10-3-2-9(14(16,17)18)6-11(10)15(19,20)21/h2-6,8,25H,7H2,1H3,(H,22,24)/t8-/m1/s1. The molecule has 1 aromatic heterocycles. The van der Waals surface area contributed by atoms with Gasteiger partial charge in [-0.1, -0.05) is 6.07 Å². The molecule has 2 aromatic rings. The maximum absolute atomic E-state index is 13.1. The van der Waals surface area contributed by atoms with Crippen molar-refractivity contribution < 1.29 is 31.4 Å². The first-order valence-corrected chi connectivity index (χ1v) is 7.03. The highest BCUT2D eigenvalue weighted by molar-refractivity contribution is 5.65. The van der Waals surface area contributed by atoms with Crippen molar-refractivity contribution in [1.29, 1.82) is 0 Å². The molecule has 0 saturated carbocycles. The van der Waals surface area contributed by atoms with E-state index in [4.69, 9.17) is 5.11 Å². The van der Waals surface area contributed by atoms with E-state index in [1.807, 2.05) is 0 Å². The van der Waals surface area contributed by atoms with Crippen LogP contribution in [0.4, 0.5) is 32.2 Å². The van der Waals surface area contributed by atoms with E-state index < -0.39 is 35.1 Å². The summed E-state index contributed by atoms with van der Waals surface area (Å²) in [5.74, 6) is 0.213. The number of hydrogen-bond acceptors (Lipinski definition) is 4. The third-order valence-corrected chi connectivity index (χ3v) is 3.17. The molecule has 0 fully saturated rings. The number of nitrogens with zero attached hydrogens (tertiary/aromatic N) is 2. The van der Waals surface area contributed by atoms with Crippen LogP contribution in [0, 0.1) is 0 Å². The van der Waals surface area contributed by atoms with Crippen molar-refractivity contribution in [3.05, 3.63) is 41.5 Å². The topological polar surface area (TPSA) is 58.0 Å². The Morgan fingerprint density at radius 2 is 1.68 bits per heavy atom. The van der Waals surface area contributed by atoms with Gasteiger partial charge in [0, 0.05) is 12.1 Å². The molecular formula is C15H13F6N3O. The average molecular weight is 365 g/mol. The molecule has 10 heteroatoms. The molecule has 0 spiro atoms. The molecule has 1 atom stereocenters. The van der Waals surface area contributed by atoms with Crippen LogP contribution in [-0.4, -0.2) is 28.0 Å². The molecule has 1 aromatic carbocycles. The van der Waals surface area contributed by atoms with Crippen LogP contribution in [0.2, 0.25) is 0 Å². The van der Waals surface area contributed by atoms with E-state index in [0.29, 0.717) is 6.07 Å². The minimum absolute atomic E-state index is 0.0522. The summed E-state index contributed by atoms with van der Waals surface area (Å²) in [4.78, 5) is 0. The summed E-state index contributed by atoms with van der Waals surface area (Å²) in [6.07, 6.45) is -10.5. The van der Waals surface area contributed by atoms with Gasteiger partial charge < -0.3 is 10.4 Å². The van der Waals surface area contributed by atoms with E-state index in [9.17, 15) is 26.3 Å². The van der Waals surface area contributed by atoms with E-state index in [0.717, 1.165) is 6.07 Å². The maximum atomic E-state index is 13.1. The molecule has 0 aliphatic rings. The van der Waals surface area contributed by atoms with E-state index in [1.54, 1.807) is 0 Å². The number of anilines is 1. The molecule has 2 rings (SSSR count). The van der Waals surface area contributed by atoms with Gasteiger partial charge in [-0.05, 0) is 31.2 Å². The summed E-state index contributed by atoms with van der Waals surface area (Å²) in [6.45, 7) is 1.68. The number of rotatable bonds is 4. The highest BCUT2D eigenvalue weighted by Crippen LogP contribution is 2.40. The third kappa shape index (κ3) is 4.81. The van der Waals surface area contributed by atoms with Crippen LogP contribution in [0.1, 0.15) is 18.1 Å². The van der Waals surface area contributed by atoms with Gasteiger partial charge in [-0.25, -0.2) is 0 Å². The lowest BCUT2D eigenvalue weighted by atomic mass is 10.0. The summed E-state index contributed by atoms with van der Waals surface area (Å²) >= 11 is 0. The van der Waals surface area contributed by atoms with Gasteiger partial charge in [-0.3, -0.25) is 0 Å². The van der Waals surface area contributed by atoms with Gasteiger partial charge in [-0.15, -0.1) is 10.2 Å². The fourth-order valence-electron chi connectivity index (χ4n) is 2.00. The van der Waals surface area contributed by atoms with Crippen molar-refractivity contribution in [2.75, 3.05) is 11.9 Å². The minimum atomic E-state index is -4.98. The van der Waals surface area contributed by atoms with Crippen LogP contribution in [0.25, 0.3) is 11.3 Å². The molecule has 0 unspecified atom stereocenters. The second-order valence-corrected chi connectivity index (χ2v) is 5.29. The fraction of sp³-hybridized carbons (Fsp3) is 0.333. The monoisotopic (exact) mass is 365 g/mol. The zero-order chi connectivity index (χ0) is 18.8. The number of aliphatic hydroxyl groups is 1. The second kappa shape index (κ2) is 6.87. The summed E-state index contributed by atoms with van der Waals surface area (Å²) < 4.78 is 77.4. The fourth-order valence-corrected chi connectivity index (χ4v) is 2.00. The number of hydrogen-bond donors (Lipinski definition) is 2. The Morgan fingerprint density at radius 3 is 2.16 bits per heavy atom. The number of aliphatic hydroxyl groups excluding tert-OH is 1. The van der Waals surface area contributed by atoms with Gasteiger partial charge in [0.15, 0.2) is 0 Å². The van der Waals surface area contributed by atoms with E-state index >= 15 is 0 Å². The average Bonchev–Trinajstić information content (AvgIpc) is 2.51. The molecule has 1 heterocycles. The Hall–Kier alpha value is -2.36. The highest BCUT2D eigenvalue weighted by atomic mass is 19.4. The van der Waals surface area contributed by atoms with Crippen LogP contribution in [0.15, 0.2) is 30.3 Å². The number of benzene rings is 1. The Bertz CT molecular complexity index is 726. The zero-order valence-electron chi connectivity index (χ0n) is 12.8. The zero-order valence-corrected chi connectivity index (χ0v) is 12.8. The lowest BCUT2D eigenvalue weighted by molar-refractivity contribution is -0.142. The van der Waals surface area contributed by atoms with Crippen LogP contribution < -0.4 is 5.32 Å². The largest absolute Gasteiger partial charge is 0.417 e. The smallest absolute Gasteiger partial charge is 0.392 e. The van der Waals surface area contributed by atoms with Crippen LogP contribution >= 0.6 is 0 Å². The molecule has 0 aliphatic carbocycles. The molecule has 136 valence electrons. The Kier molecular flexibility index (Phi) is 5.21. The number of alkyl halides is 6. The Balaban J connectivity index is 2.41. The lowest BCUT2D eigenvalue weighted by Crippen LogP contribution is -2.16. The van der Waals surface area contributed by atoms with Gasteiger partial charge in [0.2, 0.25) is 0 Å². The molecule has 25 heavy (non-hydrogen) atoms. The van der Waals surface area contributed by atoms with Crippen molar-refractivity contribution in [3.8, 4) is 11.3 Å². The Labute approximate surface area is 138 Å². The van der Waals surface area contributed by atoms with Crippen molar-refractivity contribution >= 4 is 5.82 Å². The number of aromatic nitrogens is 2. The number of halogens is 6. The molecule has 2 N–H and O–H groups in total. The van der Waals surface area contributed by atoms with Crippen molar-refractivity contribution in [2.45, 2.75) is 25.4 Å².